The van der Waals surface area contributed by atoms with Gasteiger partial charge in [-0.2, -0.15) is 0 Å². The summed E-state index contributed by atoms with van der Waals surface area (Å²) in [5.74, 6) is 1.86. The summed E-state index contributed by atoms with van der Waals surface area (Å²) in [6.45, 7) is 3.77. The average Bonchev–Trinajstić information content (AvgIpc) is 3.03. The van der Waals surface area contributed by atoms with Gasteiger partial charge in [0.2, 0.25) is 0 Å². The number of ether oxygens (including phenoxy) is 2. The Morgan fingerprint density at radius 2 is 1.70 bits per heavy atom. The molecule has 0 spiro atoms. The lowest BCUT2D eigenvalue weighted by molar-refractivity contribution is -0.0441. The van der Waals surface area contributed by atoms with Gasteiger partial charge in [-0.05, 0) is 36.7 Å². The maximum Gasteiger partial charge on any atom is 0.184 e. The number of hydrogen-bond acceptors (Lipinski definition) is 2. The van der Waals surface area contributed by atoms with Gasteiger partial charge < -0.3 is 9.47 Å². The van der Waals surface area contributed by atoms with Crippen molar-refractivity contribution in [1.29, 1.82) is 0 Å². The number of benzene rings is 1. The van der Waals surface area contributed by atoms with Gasteiger partial charge in [-0.1, -0.05) is 50.5 Å². The van der Waals surface area contributed by atoms with Crippen LogP contribution >= 0.6 is 0 Å². The summed E-state index contributed by atoms with van der Waals surface area (Å²) in [6.07, 6.45) is 8.10. The van der Waals surface area contributed by atoms with Crippen LogP contribution in [0.3, 0.4) is 0 Å². The molecule has 0 unspecified atom stereocenters. The molecule has 20 heavy (non-hydrogen) atoms. The Bertz CT molecular complexity index is 415. The van der Waals surface area contributed by atoms with Crippen LogP contribution in [0.15, 0.2) is 24.3 Å². The van der Waals surface area contributed by atoms with Crippen LogP contribution in [0, 0.1) is 11.8 Å². The molecule has 0 aromatic heterocycles. The molecule has 2 fully saturated rings. The highest BCUT2D eigenvalue weighted by Crippen LogP contribution is 2.33. The van der Waals surface area contributed by atoms with Crippen molar-refractivity contribution in [3.05, 3.63) is 35.4 Å². The van der Waals surface area contributed by atoms with Gasteiger partial charge in [0.1, 0.15) is 0 Å². The van der Waals surface area contributed by atoms with Crippen LogP contribution in [0.1, 0.15) is 56.4 Å². The number of rotatable bonds is 4. The van der Waals surface area contributed by atoms with E-state index in [0.717, 1.165) is 25.0 Å². The monoisotopic (exact) mass is 274 g/mol. The van der Waals surface area contributed by atoms with Crippen LogP contribution in [0.5, 0.6) is 0 Å². The summed E-state index contributed by atoms with van der Waals surface area (Å²) in [5, 5.41) is 0. The van der Waals surface area contributed by atoms with Gasteiger partial charge in [0, 0.05) is 5.56 Å². The predicted molar refractivity (Wildman–Crippen MR) is 80.5 cm³/mol. The van der Waals surface area contributed by atoms with Gasteiger partial charge >= 0.3 is 0 Å². The lowest BCUT2D eigenvalue weighted by Gasteiger charge is -2.28. The largest absolute Gasteiger partial charge is 0.346 e. The zero-order chi connectivity index (χ0) is 13.8. The molecule has 0 radical (unpaired) electrons. The van der Waals surface area contributed by atoms with Crippen molar-refractivity contribution in [3.63, 3.8) is 0 Å². The van der Waals surface area contributed by atoms with Gasteiger partial charge in [-0.15, -0.1) is 0 Å². The maximum atomic E-state index is 5.59. The van der Waals surface area contributed by atoms with Crippen molar-refractivity contribution in [2.45, 2.75) is 51.7 Å². The van der Waals surface area contributed by atoms with E-state index in [9.17, 15) is 0 Å². The summed E-state index contributed by atoms with van der Waals surface area (Å²) in [5.41, 5.74) is 2.63. The first-order chi connectivity index (χ1) is 9.85. The molecule has 0 atom stereocenters. The molecule has 0 bridgehead atoms. The minimum absolute atomic E-state index is 0.134. The maximum absolute atomic E-state index is 5.59. The molecule has 0 amide bonds. The van der Waals surface area contributed by atoms with E-state index < -0.39 is 0 Å². The summed E-state index contributed by atoms with van der Waals surface area (Å²) in [4.78, 5) is 0. The molecule has 1 aliphatic heterocycles. The molecule has 3 rings (SSSR count). The molecule has 1 aromatic carbocycles. The van der Waals surface area contributed by atoms with E-state index in [2.05, 4.69) is 31.2 Å². The van der Waals surface area contributed by atoms with E-state index >= 15 is 0 Å². The fourth-order valence-corrected chi connectivity index (χ4v) is 3.59. The zero-order valence-corrected chi connectivity index (χ0v) is 12.5. The summed E-state index contributed by atoms with van der Waals surface area (Å²) in [6, 6.07) is 8.80. The van der Waals surface area contributed by atoms with E-state index in [1.807, 2.05) is 0 Å². The van der Waals surface area contributed by atoms with Crippen LogP contribution in [-0.4, -0.2) is 13.2 Å². The van der Waals surface area contributed by atoms with Crippen LogP contribution in [0.2, 0.25) is 0 Å². The fourth-order valence-electron chi connectivity index (χ4n) is 3.59. The third-order valence-electron chi connectivity index (χ3n) is 4.91. The van der Waals surface area contributed by atoms with E-state index in [0.29, 0.717) is 0 Å². The molecule has 1 heterocycles. The van der Waals surface area contributed by atoms with Crippen molar-refractivity contribution in [3.8, 4) is 0 Å². The van der Waals surface area contributed by atoms with Gasteiger partial charge in [0.25, 0.3) is 0 Å². The first kappa shape index (κ1) is 14.1. The van der Waals surface area contributed by atoms with E-state index in [1.54, 1.807) is 0 Å². The smallest absolute Gasteiger partial charge is 0.184 e. The van der Waals surface area contributed by atoms with Gasteiger partial charge in [0.15, 0.2) is 6.29 Å². The Labute approximate surface area is 122 Å². The lowest BCUT2D eigenvalue weighted by atomic mass is 9.78. The standard InChI is InChI=1S/C18H26O2/c1-2-14-6-8-15(9-7-14)12-16-4-3-5-17(13-16)18-19-10-11-20-18/h3-5,13-15,18H,2,6-12H2,1H3. The molecule has 1 aromatic rings. The average molecular weight is 274 g/mol. The molecule has 1 saturated heterocycles. The van der Waals surface area contributed by atoms with E-state index in [1.165, 1.54) is 49.7 Å². The van der Waals surface area contributed by atoms with Crippen molar-refractivity contribution < 1.29 is 9.47 Å². The molecule has 2 aliphatic rings. The third kappa shape index (κ3) is 3.42. The topological polar surface area (TPSA) is 18.5 Å². The molecule has 1 aliphatic carbocycles. The summed E-state index contributed by atoms with van der Waals surface area (Å²) in [7, 11) is 0. The molecular weight excluding hydrogens is 248 g/mol. The number of hydrogen-bond donors (Lipinski definition) is 0. The van der Waals surface area contributed by atoms with Crippen molar-refractivity contribution in [1.82, 2.24) is 0 Å². The Morgan fingerprint density at radius 1 is 1.00 bits per heavy atom. The predicted octanol–water partition coefficient (Wildman–Crippen LogP) is 4.49. The molecule has 0 N–H and O–H groups in total. The van der Waals surface area contributed by atoms with Crippen LogP contribution in [0.4, 0.5) is 0 Å². The Morgan fingerprint density at radius 3 is 2.40 bits per heavy atom. The summed E-state index contributed by atoms with van der Waals surface area (Å²) < 4.78 is 11.2. The van der Waals surface area contributed by atoms with Crippen LogP contribution < -0.4 is 0 Å². The second-order valence-corrected chi connectivity index (χ2v) is 6.32. The Balaban J connectivity index is 1.58. The van der Waals surface area contributed by atoms with Crippen LogP contribution in [0.25, 0.3) is 0 Å². The van der Waals surface area contributed by atoms with E-state index in [4.69, 9.17) is 9.47 Å². The highest BCUT2D eigenvalue weighted by molar-refractivity contribution is 5.25. The molecule has 110 valence electrons. The van der Waals surface area contributed by atoms with Gasteiger partial charge in [-0.3, -0.25) is 0 Å². The first-order valence-corrected chi connectivity index (χ1v) is 8.17. The zero-order valence-electron chi connectivity index (χ0n) is 12.5. The van der Waals surface area contributed by atoms with Crippen molar-refractivity contribution in [2.75, 3.05) is 13.2 Å². The Hall–Kier alpha value is -0.860. The molecule has 1 saturated carbocycles. The highest BCUT2D eigenvalue weighted by Gasteiger charge is 2.21. The molecule has 2 nitrogen and oxygen atoms in total. The lowest BCUT2D eigenvalue weighted by Crippen LogP contribution is -2.16. The molecule has 2 heteroatoms. The normalized spacial score (nSPS) is 27.9. The first-order valence-electron chi connectivity index (χ1n) is 8.17. The fraction of sp³-hybridized carbons (Fsp3) is 0.667. The van der Waals surface area contributed by atoms with Gasteiger partial charge in [0.05, 0.1) is 13.2 Å². The molecular formula is C18H26O2. The second-order valence-electron chi connectivity index (χ2n) is 6.32. The second kappa shape index (κ2) is 6.73. The van der Waals surface area contributed by atoms with Gasteiger partial charge in [-0.25, -0.2) is 0 Å². The van der Waals surface area contributed by atoms with Crippen LogP contribution in [-0.2, 0) is 15.9 Å². The van der Waals surface area contributed by atoms with E-state index in [-0.39, 0.29) is 6.29 Å². The highest BCUT2D eigenvalue weighted by atomic mass is 16.7. The van der Waals surface area contributed by atoms with Crippen molar-refractivity contribution >= 4 is 0 Å². The SMILES string of the molecule is CCC1CCC(Cc2cccc(C3OCCO3)c2)CC1. The van der Waals surface area contributed by atoms with Crippen molar-refractivity contribution in [2.24, 2.45) is 11.8 Å². The quantitative estimate of drug-likeness (QED) is 0.805. The minimum Gasteiger partial charge on any atom is -0.346 e. The summed E-state index contributed by atoms with van der Waals surface area (Å²) >= 11 is 0. The third-order valence-corrected chi connectivity index (χ3v) is 4.91. The minimum atomic E-state index is -0.134. The Kier molecular flexibility index (Phi) is 4.74.